The van der Waals surface area contributed by atoms with Crippen LogP contribution in [0, 0.1) is 0 Å². The predicted octanol–water partition coefficient (Wildman–Crippen LogP) is 5.08. The lowest BCUT2D eigenvalue weighted by atomic mass is 9.97. The number of nitrogens with zero attached hydrogens (tertiary/aromatic N) is 1. The van der Waals surface area contributed by atoms with E-state index in [4.69, 9.17) is 14.1 Å². The Morgan fingerprint density at radius 2 is 2.13 bits per heavy atom. The molecule has 1 aliphatic rings. The number of aryl methyl sites for hydroxylation is 2. The van der Waals surface area contributed by atoms with Crippen molar-refractivity contribution >= 4 is 50.3 Å². The molecule has 0 amide bonds. The van der Waals surface area contributed by atoms with Crippen molar-refractivity contribution in [1.82, 2.24) is 9.97 Å². The Morgan fingerprint density at radius 1 is 1.30 bits per heavy atom. The molecule has 5 rings (SSSR count). The summed E-state index contributed by atoms with van der Waals surface area (Å²) in [6.07, 6.45) is 4.28. The molecule has 1 aliphatic carbocycles. The summed E-state index contributed by atoms with van der Waals surface area (Å²) in [4.78, 5) is 34.9. The van der Waals surface area contributed by atoms with Crippen LogP contribution in [0.15, 0.2) is 38.6 Å². The van der Waals surface area contributed by atoms with Crippen molar-refractivity contribution in [3.63, 3.8) is 0 Å². The van der Waals surface area contributed by atoms with Crippen molar-refractivity contribution in [3.8, 4) is 0 Å². The molecule has 0 spiro atoms. The van der Waals surface area contributed by atoms with E-state index in [0.717, 1.165) is 40.4 Å². The second-order valence-corrected chi connectivity index (χ2v) is 9.22. The van der Waals surface area contributed by atoms with Gasteiger partial charge in [-0.25, -0.2) is 9.78 Å². The van der Waals surface area contributed by atoms with Gasteiger partial charge in [0, 0.05) is 21.6 Å². The maximum atomic E-state index is 12.8. The third-order valence-electron chi connectivity index (χ3n) is 5.32. The third-order valence-corrected chi connectivity index (χ3v) is 7.40. The molecule has 3 heterocycles. The minimum absolute atomic E-state index is 0.0791. The van der Waals surface area contributed by atoms with Gasteiger partial charge in [-0.3, -0.25) is 4.79 Å². The number of benzene rings is 1. The SMILES string of the molecule is CCOC(=O)c1oc2ccccc2c1CSc1nc2sc3c(c2c(=O)[nH]1)CCCC3. The smallest absolute Gasteiger partial charge is 0.374 e. The number of aromatic nitrogens is 2. The zero-order chi connectivity index (χ0) is 20.7. The summed E-state index contributed by atoms with van der Waals surface area (Å²) in [5.74, 6) is 0.165. The van der Waals surface area contributed by atoms with Crippen LogP contribution in [0.4, 0.5) is 0 Å². The maximum Gasteiger partial charge on any atom is 0.374 e. The predicted molar refractivity (Wildman–Crippen MR) is 119 cm³/mol. The second kappa shape index (κ2) is 7.92. The Morgan fingerprint density at radius 3 is 3.00 bits per heavy atom. The van der Waals surface area contributed by atoms with Gasteiger partial charge in [-0.05, 0) is 44.2 Å². The number of carbonyl (C=O) groups is 1. The van der Waals surface area contributed by atoms with E-state index in [1.807, 2.05) is 24.3 Å². The highest BCUT2D eigenvalue weighted by Crippen LogP contribution is 2.35. The highest BCUT2D eigenvalue weighted by atomic mass is 32.2. The summed E-state index contributed by atoms with van der Waals surface area (Å²) in [5, 5.41) is 2.16. The van der Waals surface area contributed by atoms with Gasteiger partial charge in [0.1, 0.15) is 10.4 Å². The number of thioether (sulfide) groups is 1. The standard InChI is InChI=1S/C22H20N2O4S2/c1-2-27-21(26)18-14(12-7-3-5-9-15(12)28-18)11-29-22-23-19(25)17-13-8-4-6-10-16(13)30-20(17)24-22/h3,5,7,9H,2,4,6,8,10-11H2,1H3,(H,23,24,25). The molecule has 8 heteroatoms. The van der Waals surface area contributed by atoms with Crippen LogP contribution in [-0.4, -0.2) is 22.5 Å². The van der Waals surface area contributed by atoms with E-state index in [1.54, 1.807) is 18.3 Å². The Kier molecular flexibility index (Phi) is 5.12. The van der Waals surface area contributed by atoms with Gasteiger partial charge >= 0.3 is 5.97 Å². The average Bonchev–Trinajstić information content (AvgIpc) is 3.31. The number of nitrogens with one attached hydrogen (secondary N) is 1. The fraction of sp³-hybridized carbons (Fsp3) is 0.318. The molecular weight excluding hydrogens is 420 g/mol. The lowest BCUT2D eigenvalue weighted by Crippen LogP contribution is -2.11. The van der Waals surface area contributed by atoms with E-state index in [0.29, 0.717) is 16.5 Å². The summed E-state index contributed by atoms with van der Waals surface area (Å²) >= 11 is 3.02. The maximum absolute atomic E-state index is 12.8. The highest BCUT2D eigenvalue weighted by Gasteiger charge is 2.23. The first kappa shape index (κ1) is 19.4. The molecule has 1 N–H and O–H groups in total. The van der Waals surface area contributed by atoms with Crippen LogP contribution in [-0.2, 0) is 23.3 Å². The van der Waals surface area contributed by atoms with Crippen LogP contribution >= 0.6 is 23.1 Å². The van der Waals surface area contributed by atoms with Gasteiger partial charge in [-0.15, -0.1) is 11.3 Å². The largest absolute Gasteiger partial charge is 0.460 e. The minimum Gasteiger partial charge on any atom is -0.460 e. The summed E-state index contributed by atoms with van der Waals surface area (Å²) in [7, 11) is 0. The number of rotatable bonds is 5. The van der Waals surface area contributed by atoms with Crippen LogP contribution in [0.2, 0.25) is 0 Å². The zero-order valence-electron chi connectivity index (χ0n) is 16.4. The molecule has 0 radical (unpaired) electrons. The van der Waals surface area contributed by atoms with Crippen LogP contribution in [0.5, 0.6) is 0 Å². The highest BCUT2D eigenvalue weighted by molar-refractivity contribution is 7.98. The number of furan rings is 1. The van der Waals surface area contributed by atoms with Crippen molar-refractivity contribution in [2.45, 2.75) is 43.5 Å². The van der Waals surface area contributed by atoms with Crippen molar-refractivity contribution < 1.29 is 13.9 Å². The number of fused-ring (bicyclic) bond motifs is 4. The first-order chi connectivity index (χ1) is 14.7. The van der Waals surface area contributed by atoms with Gasteiger partial charge in [-0.2, -0.15) is 0 Å². The Labute approximate surface area is 180 Å². The van der Waals surface area contributed by atoms with Gasteiger partial charge in [0.15, 0.2) is 5.16 Å². The van der Waals surface area contributed by atoms with E-state index in [2.05, 4.69) is 4.98 Å². The average molecular weight is 441 g/mol. The van der Waals surface area contributed by atoms with E-state index in [1.165, 1.54) is 28.6 Å². The molecular formula is C22H20N2O4S2. The van der Waals surface area contributed by atoms with Crippen LogP contribution in [0.3, 0.4) is 0 Å². The number of H-pyrrole nitrogens is 1. The Balaban J connectivity index is 1.50. The van der Waals surface area contributed by atoms with Crippen LogP contribution in [0.25, 0.3) is 21.2 Å². The number of thiophene rings is 1. The number of hydrogen-bond acceptors (Lipinski definition) is 7. The number of para-hydroxylation sites is 1. The molecule has 3 aromatic heterocycles. The number of aromatic amines is 1. The molecule has 4 aromatic rings. The zero-order valence-corrected chi connectivity index (χ0v) is 18.1. The quantitative estimate of drug-likeness (QED) is 0.265. The monoisotopic (exact) mass is 440 g/mol. The van der Waals surface area contributed by atoms with Gasteiger partial charge in [0.2, 0.25) is 5.76 Å². The molecule has 0 aliphatic heterocycles. The number of hydrogen-bond donors (Lipinski definition) is 1. The fourth-order valence-corrected chi connectivity index (χ4v) is 6.16. The summed E-state index contributed by atoms with van der Waals surface area (Å²) in [6, 6.07) is 7.52. The molecule has 0 bridgehead atoms. The molecule has 0 atom stereocenters. The van der Waals surface area contributed by atoms with Crippen molar-refractivity contribution in [3.05, 3.63) is 56.4 Å². The Bertz CT molecular complexity index is 1320. The molecule has 0 saturated carbocycles. The van der Waals surface area contributed by atoms with Crippen molar-refractivity contribution in [1.29, 1.82) is 0 Å². The van der Waals surface area contributed by atoms with Crippen molar-refractivity contribution in [2.24, 2.45) is 0 Å². The molecule has 154 valence electrons. The molecule has 1 aromatic carbocycles. The molecule has 0 saturated heterocycles. The molecule has 0 fully saturated rings. The molecule has 30 heavy (non-hydrogen) atoms. The first-order valence-corrected chi connectivity index (χ1v) is 11.8. The minimum atomic E-state index is -0.480. The Hall–Kier alpha value is -2.58. The lowest BCUT2D eigenvalue weighted by molar-refractivity contribution is 0.0491. The summed E-state index contributed by atoms with van der Waals surface area (Å²) < 4.78 is 10.9. The van der Waals surface area contributed by atoms with Gasteiger partial charge < -0.3 is 14.1 Å². The summed E-state index contributed by atoms with van der Waals surface area (Å²) in [5.41, 5.74) is 2.49. The van der Waals surface area contributed by atoms with Gasteiger partial charge in [-0.1, -0.05) is 30.0 Å². The van der Waals surface area contributed by atoms with E-state index >= 15 is 0 Å². The van der Waals surface area contributed by atoms with E-state index < -0.39 is 5.97 Å². The number of esters is 1. The molecule has 0 unspecified atom stereocenters. The van der Waals surface area contributed by atoms with E-state index in [9.17, 15) is 9.59 Å². The number of ether oxygens (including phenoxy) is 1. The van der Waals surface area contributed by atoms with Crippen molar-refractivity contribution in [2.75, 3.05) is 6.61 Å². The normalized spacial score (nSPS) is 13.6. The second-order valence-electron chi connectivity index (χ2n) is 7.18. The topological polar surface area (TPSA) is 85.2 Å². The van der Waals surface area contributed by atoms with E-state index in [-0.39, 0.29) is 17.9 Å². The molecule has 6 nitrogen and oxygen atoms in total. The fourth-order valence-electron chi connectivity index (χ4n) is 3.96. The lowest BCUT2D eigenvalue weighted by Gasteiger charge is -2.09. The number of carbonyl (C=O) groups excluding carboxylic acids is 1. The van der Waals surface area contributed by atoms with Gasteiger partial charge in [0.25, 0.3) is 5.56 Å². The van der Waals surface area contributed by atoms with Gasteiger partial charge in [0.05, 0.1) is 12.0 Å². The third kappa shape index (κ3) is 3.33. The van der Waals surface area contributed by atoms with Crippen LogP contribution < -0.4 is 5.56 Å². The summed E-state index contributed by atoms with van der Waals surface area (Å²) in [6.45, 7) is 2.04. The first-order valence-electron chi connectivity index (χ1n) is 10.0. The van der Waals surface area contributed by atoms with Crippen LogP contribution in [0.1, 0.15) is 46.3 Å².